The van der Waals surface area contributed by atoms with Crippen molar-refractivity contribution in [1.29, 1.82) is 0 Å². The summed E-state index contributed by atoms with van der Waals surface area (Å²) in [5.74, 6) is 0. The van der Waals surface area contributed by atoms with Gasteiger partial charge in [0.05, 0.1) is 17.2 Å². The highest BCUT2D eigenvalue weighted by atomic mass is 32.2. The fourth-order valence-electron chi connectivity index (χ4n) is 2.18. The molecule has 0 spiro atoms. The third-order valence-corrected chi connectivity index (χ3v) is 5.47. The van der Waals surface area contributed by atoms with Crippen molar-refractivity contribution in [2.45, 2.75) is 11.8 Å². The Kier molecular flexibility index (Phi) is 4.14. The molecule has 0 fully saturated rings. The summed E-state index contributed by atoms with van der Waals surface area (Å²) >= 11 is 5.13. The minimum Gasteiger partial charge on any atom is -0.354 e. The Labute approximate surface area is 140 Å². The van der Waals surface area contributed by atoms with Crippen LogP contribution in [0.5, 0.6) is 0 Å². The lowest BCUT2D eigenvalue weighted by Gasteiger charge is -2.26. The molecule has 1 aliphatic heterocycles. The number of nitrogens with one attached hydrogen (secondary N) is 1. The van der Waals surface area contributed by atoms with Crippen LogP contribution in [-0.4, -0.2) is 30.2 Å². The lowest BCUT2D eigenvalue weighted by molar-refractivity contribution is 0.525. The number of sulfonamides is 1. The largest absolute Gasteiger partial charge is 0.354 e. The van der Waals surface area contributed by atoms with E-state index in [2.05, 4.69) is 10.4 Å². The second kappa shape index (κ2) is 6.10. The van der Waals surface area contributed by atoms with Crippen molar-refractivity contribution in [2.75, 3.05) is 6.54 Å². The number of hydrogen-bond acceptors (Lipinski definition) is 4. The Bertz CT molecular complexity index is 860. The van der Waals surface area contributed by atoms with Crippen molar-refractivity contribution in [1.82, 2.24) is 9.73 Å². The number of hydrogen-bond donors (Lipinski definition) is 1. The maximum Gasteiger partial charge on any atom is 0.285 e. The third-order valence-electron chi connectivity index (χ3n) is 3.45. The van der Waals surface area contributed by atoms with Gasteiger partial charge in [-0.3, -0.25) is 0 Å². The lowest BCUT2D eigenvalue weighted by Crippen LogP contribution is -2.47. The summed E-state index contributed by atoms with van der Waals surface area (Å²) in [5.41, 5.74) is 2.46. The van der Waals surface area contributed by atoms with Crippen LogP contribution in [0.2, 0.25) is 0 Å². The number of hydrazone groups is 1. The summed E-state index contributed by atoms with van der Waals surface area (Å²) in [6.07, 6.45) is 0. The molecular weight excluding hydrogens is 330 g/mol. The number of thiocarbonyl (C=S) groups is 1. The number of benzene rings is 2. The van der Waals surface area contributed by atoms with Crippen LogP contribution in [0.1, 0.15) is 11.1 Å². The van der Waals surface area contributed by atoms with Crippen molar-refractivity contribution < 1.29 is 8.42 Å². The standard InChI is InChI=1S/C16H15N3O2S2/c1-12-7-9-14(10-8-12)23(20,21)19-16(22)17-11-15(18-19)13-5-3-2-4-6-13/h2-10H,11H2,1H3,(H,17,22). The molecule has 0 aliphatic carbocycles. The molecule has 5 nitrogen and oxygen atoms in total. The van der Waals surface area contributed by atoms with Gasteiger partial charge in [0.1, 0.15) is 0 Å². The van der Waals surface area contributed by atoms with Crippen LogP contribution in [0.25, 0.3) is 0 Å². The highest BCUT2D eigenvalue weighted by Gasteiger charge is 2.30. The molecule has 2 aromatic carbocycles. The van der Waals surface area contributed by atoms with Crippen LogP contribution < -0.4 is 5.32 Å². The Hall–Kier alpha value is -2.25. The van der Waals surface area contributed by atoms with E-state index in [1.807, 2.05) is 37.3 Å². The van der Waals surface area contributed by atoms with Gasteiger partial charge in [-0.25, -0.2) is 0 Å². The molecule has 0 bridgehead atoms. The average molecular weight is 345 g/mol. The van der Waals surface area contributed by atoms with Gasteiger partial charge < -0.3 is 5.32 Å². The van der Waals surface area contributed by atoms with Gasteiger partial charge in [0.2, 0.25) is 5.11 Å². The molecule has 23 heavy (non-hydrogen) atoms. The van der Waals surface area contributed by atoms with E-state index < -0.39 is 10.0 Å². The molecular formula is C16H15N3O2S2. The van der Waals surface area contributed by atoms with Gasteiger partial charge in [0, 0.05) is 0 Å². The summed E-state index contributed by atoms with van der Waals surface area (Å²) in [7, 11) is -3.83. The highest BCUT2D eigenvalue weighted by Crippen LogP contribution is 2.19. The molecule has 1 heterocycles. The fraction of sp³-hybridized carbons (Fsp3) is 0.125. The second-order valence-electron chi connectivity index (χ2n) is 5.13. The van der Waals surface area contributed by atoms with Gasteiger partial charge in [-0.05, 0) is 36.8 Å². The third kappa shape index (κ3) is 3.11. The van der Waals surface area contributed by atoms with Crippen LogP contribution in [0, 0.1) is 6.92 Å². The Morgan fingerprint density at radius 2 is 1.74 bits per heavy atom. The predicted octanol–water partition coefficient (Wildman–Crippen LogP) is 2.28. The summed E-state index contributed by atoms with van der Waals surface area (Å²) in [4.78, 5) is 0.158. The highest BCUT2D eigenvalue weighted by molar-refractivity contribution is 7.91. The van der Waals surface area contributed by atoms with E-state index in [9.17, 15) is 8.42 Å². The lowest BCUT2D eigenvalue weighted by atomic mass is 10.1. The van der Waals surface area contributed by atoms with Gasteiger partial charge in [-0.15, -0.1) is 4.41 Å². The molecule has 1 aliphatic rings. The minimum absolute atomic E-state index is 0.0743. The first kappa shape index (κ1) is 15.6. The van der Waals surface area contributed by atoms with E-state index in [0.29, 0.717) is 12.3 Å². The molecule has 2 aromatic rings. The van der Waals surface area contributed by atoms with Crippen molar-refractivity contribution >= 4 is 33.1 Å². The fourth-order valence-corrected chi connectivity index (χ4v) is 3.76. The van der Waals surface area contributed by atoms with Crippen LogP contribution in [0.4, 0.5) is 0 Å². The predicted molar refractivity (Wildman–Crippen MR) is 93.8 cm³/mol. The molecule has 1 N–H and O–H groups in total. The summed E-state index contributed by atoms with van der Waals surface area (Å²) in [6, 6.07) is 16.0. The van der Waals surface area contributed by atoms with Crippen LogP contribution in [0.15, 0.2) is 64.6 Å². The first-order chi connectivity index (χ1) is 11.0. The maximum atomic E-state index is 12.8. The number of rotatable bonds is 3. The zero-order valence-electron chi connectivity index (χ0n) is 12.4. The van der Waals surface area contributed by atoms with Crippen molar-refractivity contribution in [3.8, 4) is 0 Å². The van der Waals surface area contributed by atoms with Gasteiger partial charge in [0.25, 0.3) is 10.0 Å². The van der Waals surface area contributed by atoms with E-state index in [1.54, 1.807) is 24.3 Å². The van der Waals surface area contributed by atoms with Crippen LogP contribution >= 0.6 is 12.2 Å². The minimum atomic E-state index is -3.83. The Morgan fingerprint density at radius 1 is 1.09 bits per heavy atom. The molecule has 0 atom stereocenters. The summed E-state index contributed by atoms with van der Waals surface area (Å²) < 4.78 is 26.4. The van der Waals surface area contributed by atoms with Crippen LogP contribution in [-0.2, 0) is 10.0 Å². The molecule has 7 heteroatoms. The van der Waals surface area contributed by atoms with Crippen molar-refractivity contribution in [3.63, 3.8) is 0 Å². The van der Waals surface area contributed by atoms with Gasteiger partial charge in [0.15, 0.2) is 0 Å². The zero-order chi connectivity index (χ0) is 16.4. The van der Waals surface area contributed by atoms with Crippen molar-refractivity contribution in [2.24, 2.45) is 5.10 Å². The van der Waals surface area contributed by atoms with E-state index in [1.165, 1.54) is 0 Å². The van der Waals surface area contributed by atoms with Crippen molar-refractivity contribution in [3.05, 3.63) is 65.7 Å². The normalized spacial score (nSPS) is 15.1. The van der Waals surface area contributed by atoms with Gasteiger partial charge >= 0.3 is 0 Å². The topological polar surface area (TPSA) is 61.8 Å². The van der Waals surface area contributed by atoms with E-state index in [-0.39, 0.29) is 10.0 Å². The Morgan fingerprint density at radius 3 is 2.39 bits per heavy atom. The molecule has 0 aromatic heterocycles. The summed E-state index contributed by atoms with van der Waals surface area (Å²) in [6.45, 7) is 2.29. The molecule has 3 rings (SSSR count). The number of nitrogens with zero attached hydrogens (tertiary/aromatic N) is 2. The first-order valence-electron chi connectivity index (χ1n) is 7.01. The molecule has 118 valence electrons. The molecule has 0 saturated carbocycles. The summed E-state index contributed by atoms with van der Waals surface area (Å²) in [5, 5.41) is 7.25. The number of aryl methyl sites for hydroxylation is 1. The maximum absolute atomic E-state index is 12.8. The van der Waals surface area contributed by atoms with E-state index in [0.717, 1.165) is 15.5 Å². The van der Waals surface area contributed by atoms with Gasteiger partial charge in [-0.2, -0.15) is 13.5 Å². The van der Waals surface area contributed by atoms with E-state index in [4.69, 9.17) is 12.2 Å². The second-order valence-corrected chi connectivity index (χ2v) is 7.29. The zero-order valence-corrected chi connectivity index (χ0v) is 14.1. The molecule has 0 radical (unpaired) electrons. The smallest absolute Gasteiger partial charge is 0.285 e. The SMILES string of the molecule is Cc1ccc(S(=O)(=O)N2N=C(c3ccccc3)CNC2=S)cc1. The van der Waals surface area contributed by atoms with Crippen LogP contribution in [0.3, 0.4) is 0 Å². The average Bonchev–Trinajstić information content (AvgIpc) is 2.56. The Balaban J connectivity index is 2.02. The molecule has 0 amide bonds. The molecule has 0 unspecified atom stereocenters. The molecule has 0 saturated heterocycles. The van der Waals surface area contributed by atoms with Gasteiger partial charge in [-0.1, -0.05) is 48.0 Å². The monoisotopic (exact) mass is 345 g/mol. The quantitative estimate of drug-likeness (QED) is 0.867. The first-order valence-corrected chi connectivity index (χ1v) is 8.86. The van der Waals surface area contributed by atoms with E-state index >= 15 is 0 Å².